The van der Waals surface area contributed by atoms with Crippen molar-refractivity contribution in [2.45, 2.75) is 18.9 Å². The van der Waals surface area contributed by atoms with Gasteiger partial charge < -0.3 is 10.2 Å². The van der Waals surface area contributed by atoms with Crippen LogP contribution in [0.3, 0.4) is 0 Å². The van der Waals surface area contributed by atoms with Crippen LogP contribution in [-0.4, -0.2) is 41.5 Å². The molecule has 0 radical (unpaired) electrons. The normalized spacial score (nSPS) is 27.1. The molecule has 2 atom stereocenters. The fraction of sp³-hybridized carbons (Fsp3) is 0.538. The number of pyridine rings is 1. The maximum atomic E-state index is 12.4. The minimum atomic E-state index is 0.106. The summed E-state index contributed by atoms with van der Waals surface area (Å²) in [6.07, 6.45) is 5.60. The number of amides is 1. The van der Waals surface area contributed by atoms with Gasteiger partial charge in [0.15, 0.2) is 0 Å². The van der Waals surface area contributed by atoms with Gasteiger partial charge in [0.25, 0.3) is 5.91 Å². The van der Waals surface area contributed by atoms with E-state index in [2.05, 4.69) is 26.2 Å². The molecule has 0 bridgehead atoms. The lowest BCUT2D eigenvalue weighted by molar-refractivity contribution is 0.0661. The molecular formula is C13H16BrN3O. The maximum Gasteiger partial charge on any atom is 0.255 e. The maximum absolute atomic E-state index is 12.4. The van der Waals surface area contributed by atoms with E-state index in [4.69, 9.17) is 0 Å². The number of halogens is 1. The lowest BCUT2D eigenvalue weighted by atomic mass is 9.93. The third-order valence-corrected chi connectivity index (χ3v) is 4.33. The Morgan fingerprint density at radius 2 is 2.33 bits per heavy atom. The smallest absolute Gasteiger partial charge is 0.255 e. The molecule has 96 valence electrons. The number of hydrogen-bond donors (Lipinski definition) is 1. The molecule has 3 rings (SSSR count). The van der Waals surface area contributed by atoms with E-state index in [0.29, 0.717) is 17.5 Å². The highest BCUT2D eigenvalue weighted by Crippen LogP contribution is 2.25. The fourth-order valence-electron chi connectivity index (χ4n) is 2.94. The van der Waals surface area contributed by atoms with Gasteiger partial charge in [0, 0.05) is 36.0 Å². The summed E-state index contributed by atoms with van der Waals surface area (Å²) in [6, 6.07) is 2.46. The number of carbonyl (C=O) groups is 1. The lowest BCUT2D eigenvalue weighted by Gasteiger charge is -2.34. The van der Waals surface area contributed by atoms with Crippen LogP contribution in [-0.2, 0) is 0 Å². The van der Waals surface area contributed by atoms with Gasteiger partial charge in [0.2, 0.25) is 0 Å². The highest BCUT2D eigenvalue weighted by atomic mass is 79.9. The van der Waals surface area contributed by atoms with Crippen LogP contribution < -0.4 is 5.32 Å². The first-order chi connectivity index (χ1) is 8.74. The summed E-state index contributed by atoms with van der Waals surface area (Å²) in [7, 11) is 0. The number of piperidine rings is 1. The first kappa shape index (κ1) is 12.1. The molecule has 1 N–H and O–H groups in total. The zero-order chi connectivity index (χ0) is 12.5. The molecule has 18 heavy (non-hydrogen) atoms. The minimum absolute atomic E-state index is 0.106. The number of hydrogen-bond acceptors (Lipinski definition) is 3. The van der Waals surface area contributed by atoms with E-state index in [1.165, 1.54) is 6.42 Å². The standard InChI is InChI=1S/C13H16BrN3O/c14-11-5-10(6-15-7-11)13(18)17-4-2-12-9(8-17)1-3-16-12/h5-7,9,12,16H,1-4,8H2. The van der Waals surface area contributed by atoms with Gasteiger partial charge in [-0.1, -0.05) is 0 Å². The van der Waals surface area contributed by atoms with E-state index in [1.54, 1.807) is 12.4 Å². The van der Waals surface area contributed by atoms with Gasteiger partial charge in [-0.2, -0.15) is 0 Å². The predicted octanol–water partition coefficient (Wildman–Crippen LogP) is 1.67. The SMILES string of the molecule is O=C(c1cncc(Br)c1)N1CCC2NCCC2C1. The molecule has 5 heteroatoms. The van der Waals surface area contributed by atoms with Crippen molar-refractivity contribution in [2.75, 3.05) is 19.6 Å². The Balaban J connectivity index is 1.73. The van der Waals surface area contributed by atoms with Gasteiger partial charge in [-0.3, -0.25) is 9.78 Å². The Morgan fingerprint density at radius 1 is 1.44 bits per heavy atom. The van der Waals surface area contributed by atoms with E-state index in [-0.39, 0.29) is 5.91 Å². The van der Waals surface area contributed by atoms with Crippen LogP contribution in [0.2, 0.25) is 0 Å². The van der Waals surface area contributed by atoms with Crippen molar-refractivity contribution in [2.24, 2.45) is 5.92 Å². The second-order valence-electron chi connectivity index (χ2n) is 5.04. The van der Waals surface area contributed by atoms with Crippen molar-refractivity contribution in [1.82, 2.24) is 15.2 Å². The Labute approximate surface area is 115 Å². The third kappa shape index (κ3) is 2.29. The minimum Gasteiger partial charge on any atom is -0.338 e. The largest absolute Gasteiger partial charge is 0.338 e. The monoisotopic (exact) mass is 309 g/mol. The molecule has 2 saturated heterocycles. The van der Waals surface area contributed by atoms with Crippen molar-refractivity contribution in [3.8, 4) is 0 Å². The van der Waals surface area contributed by atoms with Gasteiger partial charge in [-0.05, 0) is 47.3 Å². The lowest BCUT2D eigenvalue weighted by Crippen LogP contribution is -2.46. The molecule has 0 saturated carbocycles. The molecule has 2 aliphatic heterocycles. The van der Waals surface area contributed by atoms with E-state index in [0.717, 1.165) is 30.5 Å². The summed E-state index contributed by atoms with van der Waals surface area (Å²) < 4.78 is 0.853. The molecule has 0 aliphatic carbocycles. The summed E-state index contributed by atoms with van der Waals surface area (Å²) >= 11 is 3.36. The van der Waals surface area contributed by atoms with Crippen molar-refractivity contribution >= 4 is 21.8 Å². The zero-order valence-corrected chi connectivity index (χ0v) is 11.7. The van der Waals surface area contributed by atoms with Gasteiger partial charge in [0.1, 0.15) is 0 Å². The second kappa shape index (κ2) is 4.97. The van der Waals surface area contributed by atoms with Crippen LogP contribution in [0.1, 0.15) is 23.2 Å². The topological polar surface area (TPSA) is 45.2 Å². The van der Waals surface area contributed by atoms with E-state index < -0.39 is 0 Å². The fourth-order valence-corrected chi connectivity index (χ4v) is 3.31. The Kier molecular flexibility index (Phi) is 3.35. The van der Waals surface area contributed by atoms with E-state index >= 15 is 0 Å². The molecule has 1 amide bonds. The first-order valence-electron chi connectivity index (χ1n) is 6.37. The number of carbonyl (C=O) groups excluding carboxylic acids is 1. The Bertz CT molecular complexity index is 465. The summed E-state index contributed by atoms with van der Waals surface area (Å²) in [5.41, 5.74) is 0.675. The number of aromatic nitrogens is 1. The second-order valence-corrected chi connectivity index (χ2v) is 5.96. The average Bonchev–Trinajstić information content (AvgIpc) is 2.85. The van der Waals surface area contributed by atoms with Crippen LogP contribution in [0.15, 0.2) is 22.9 Å². The van der Waals surface area contributed by atoms with Crippen LogP contribution in [0.25, 0.3) is 0 Å². The van der Waals surface area contributed by atoms with Gasteiger partial charge in [-0.15, -0.1) is 0 Å². The van der Waals surface area contributed by atoms with E-state index in [9.17, 15) is 4.79 Å². The van der Waals surface area contributed by atoms with Crippen molar-refractivity contribution < 1.29 is 4.79 Å². The van der Waals surface area contributed by atoms with Crippen LogP contribution in [0, 0.1) is 5.92 Å². The molecule has 0 aromatic carbocycles. The highest BCUT2D eigenvalue weighted by molar-refractivity contribution is 9.10. The molecule has 2 aliphatic rings. The number of nitrogens with one attached hydrogen (secondary N) is 1. The third-order valence-electron chi connectivity index (χ3n) is 3.89. The van der Waals surface area contributed by atoms with Gasteiger partial charge in [0.05, 0.1) is 5.56 Å². The molecule has 2 unspecified atom stereocenters. The highest BCUT2D eigenvalue weighted by Gasteiger charge is 2.34. The summed E-state index contributed by atoms with van der Waals surface area (Å²) in [5, 5.41) is 3.51. The Hall–Kier alpha value is -0.940. The number of nitrogens with zero attached hydrogens (tertiary/aromatic N) is 2. The number of fused-ring (bicyclic) bond motifs is 1. The molecule has 2 fully saturated rings. The van der Waals surface area contributed by atoms with Gasteiger partial charge >= 0.3 is 0 Å². The summed E-state index contributed by atoms with van der Waals surface area (Å²) in [5.74, 6) is 0.733. The molecular weight excluding hydrogens is 294 g/mol. The quantitative estimate of drug-likeness (QED) is 0.858. The molecule has 3 heterocycles. The van der Waals surface area contributed by atoms with Crippen molar-refractivity contribution in [3.05, 3.63) is 28.5 Å². The number of rotatable bonds is 1. The van der Waals surface area contributed by atoms with Crippen molar-refractivity contribution in [3.63, 3.8) is 0 Å². The van der Waals surface area contributed by atoms with Gasteiger partial charge in [-0.25, -0.2) is 0 Å². The predicted molar refractivity (Wildman–Crippen MR) is 72.4 cm³/mol. The summed E-state index contributed by atoms with van der Waals surface area (Å²) in [6.45, 7) is 2.82. The van der Waals surface area contributed by atoms with Crippen LogP contribution >= 0.6 is 15.9 Å². The van der Waals surface area contributed by atoms with Crippen molar-refractivity contribution in [1.29, 1.82) is 0 Å². The average molecular weight is 310 g/mol. The molecule has 0 spiro atoms. The van der Waals surface area contributed by atoms with Crippen LogP contribution in [0.5, 0.6) is 0 Å². The Morgan fingerprint density at radius 3 is 3.17 bits per heavy atom. The molecule has 4 nitrogen and oxygen atoms in total. The van der Waals surface area contributed by atoms with E-state index in [1.807, 2.05) is 11.0 Å². The summed E-state index contributed by atoms with van der Waals surface area (Å²) in [4.78, 5) is 18.4. The first-order valence-corrected chi connectivity index (χ1v) is 7.16. The number of likely N-dealkylation sites (tertiary alicyclic amines) is 1. The zero-order valence-electron chi connectivity index (χ0n) is 10.1. The van der Waals surface area contributed by atoms with Crippen LogP contribution in [0.4, 0.5) is 0 Å². The molecule has 1 aromatic rings. The molecule has 1 aromatic heterocycles.